The Balaban J connectivity index is 2.17. The highest BCUT2D eigenvalue weighted by atomic mass is 16.5. The van der Waals surface area contributed by atoms with Crippen molar-refractivity contribution >= 4 is 0 Å². The van der Waals surface area contributed by atoms with E-state index < -0.39 is 0 Å². The summed E-state index contributed by atoms with van der Waals surface area (Å²) in [5.41, 5.74) is 8.61. The molecule has 0 radical (unpaired) electrons. The normalized spacial score (nSPS) is 10.4. The molecule has 0 spiro atoms. The molecule has 0 aliphatic carbocycles. The molecule has 18 heavy (non-hydrogen) atoms. The van der Waals surface area contributed by atoms with Gasteiger partial charge in [-0.1, -0.05) is 24.3 Å². The van der Waals surface area contributed by atoms with Crippen molar-refractivity contribution in [2.24, 2.45) is 5.73 Å². The summed E-state index contributed by atoms with van der Waals surface area (Å²) in [6.07, 6.45) is 0. The van der Waals surface area contributed by atoms with Crippen LogP contribution in [-0.2, 0) is 13.2 Å². The summed E-state index contributed by atoms with van der Waals surface area (Å²) in [7, 11) is 0. The third kappa shape index (κ3) is 2.88. The summed E-state index contributed by atoms with van der Waals surface area (Å²) in [5.74, 6) is 1.58. The number of rotatable bonds is 4. The van der Waals surface area contributed by atoms with Gasteiger partial charge >= 0.3 is 0 Å². The maximum Gasteiger partial charge on any atom is 0.130 e. The molecule has 0 aliphatic heterocycles. The molecule has 2 aromatic carbocycles. The summed E-state index contributed by atoms with van der Waals surface area (Å²) < 4.78 is 5.79. The Morgan fingerprint density at radius 2 is 1.72 bits per heavy atom. The van der Waals surface area contributed by atoms with Crippen LogP contribution < -0.4 is 10.5 Å². The Bertz CT molecular complexity index is 521. The van der Waals surface area contributed by atoms with Crippen LogP contribution in [0.25, 0.3) is 0 Å². The molecule has 0 saturated carbocycles. The molecule has 3 nitrogen and oxygen atoms in total. The van der Waals surface area contributed by atoms with Gasteiger partial charge < -0.3 is 15.6 Å². The first-order valence-electron chi connectivity index (χ1n) is 5.90. The van der Waals surface area contributed by atoms with Gasteiger partial charge in [-0.2, -0.15) is 0 Å². The van der Waals surface area contributed by atoms with Crippen molar-refractivity contribution < 1.29 is 9.84 Å². The molecule has 0 atom stereocenters. The number of benzene rings is 2. The number of aliphatic hydroxyl groups excluding tert-OH is 1. The summed E-state index contributed by atoms with van der Waals surface area (Å²) >= 11 is 0. The standard InChI is InChI=1S/C15H17NO2/c1-11-8-13(9-16)4-7-15(11)18-14-5-2-12(10-17)3-6-14/h2-8,17H,9-10,16H2,1H3. The summed E-state index contributed by atoms with van der Waals surface area (Å²) in [6, 6.07) is 13.3. The van der Waals surface area contributed by atoms with Gasteiger partial charge in [-0.3, -0.25) is 0 Å². The Labute approximate surface area is 107 Å². The SMILES string of the molecule is Cc1cc(CN)ccc1Oc1ccc(CO)cc1. The van der Waals surface area contributed by atoms with Crippen LogP contribution in [0, 0.1) is 6.92 Å². The smallest absolute Gasteiger partial charge is 0.130 e. The molecular weight excluding hydrogens is 226 g/mol. The monoisotopic (exact) mass is 243 g/mol. The lowest BCUT2D eigenvalue weighted by Crippen LogP contribution is -1.97. The van der Waals surface area contributed by atoms with E-state index in [9.17, 15) is 0 Å². The maximum atomic E-state index is 8.97. The van der Waals surface area contributed by atoms with Crippen molar-refractivity contribution in [1.82, 2.24) is 0 Å². The Morgan fingerprint density at radius 1 is 1.06 bits per heavy atom. The number of hydrogen-bond acceptors (Lipinski definition) is 3. The number of hydrogen-bond donors (Lipinski definition) is 2. The van der Waals surface area contributed by atoms with Gasteiger partial charge in [-0.05, 0) is 41.8 Å². The van der Waals surface area contributed by atoms with Gasteiger partial charge in [-0.15, -0.1) is 0 Å². The van der Waals surface area contributed by atoms with Gasteiger partial charge in [-0.25, -0.2) is 0 Å². The highest BCUT2D eigenvalue weighted by molar-refractivity contribution is 5.40. The van der Waals surface area contributed by atoms with Crippen molar-refractivity contribution in [2.75, 3.05) is 0 Å². The third-order valence-electron chi connectivity index (χ3n) is 2.81. The molecule has 3 N–H and O–H groups in total. The van der Waals surface area contributed by atoms with Gasteiger partial charge in [0.1, 0.15) is 11.5 Å². The predicted octanol–water partition coefficient (Wildman–Crippen LogP) is 2.74. The lowest BCUT2D eigenvalue weighted by Gasteiger charge is -2.10. The van der Waals surface area contributed by atoms with Crippen molar-refractivity contribution in [2.45, 2.75) is 20.1 Å². The van der Waals surface area contributed by atoms with Crippen molar-refractivity contribution in [3.8, 4) is 11.5 Å². The van der Waals surface area contributed by atoms with E-state index in [1.807, 2.05) is 49.4 Å². The molecule has 0 saturated heterocycles. The van der Waals surface area contributed by atoms with E-state index in [4.69, 9.17) is 15.6 Å². The largest absolute Gasteiger partial charge is 0.457 e. The fourth-order valence-electron chi connectivity index (χ4n) is 1.74. The zero-order chi connectivity index (χ0) is 13.0. The van der Waals surface area contributed by atoms with E-state index in [2.05, 4.69) is 0 Å². The second-order valence-corrected chi connectivity index (χ2v) is 4.21. The van der Waals surface area contributed by atoms with E-state index in [0.717, 1.165) is 28.2 Å². The van der Waals surface area contributed by atoms with Gasteiger partial charge in [0.15, 0.2) is 0 Å². The van der Waals surface area contributed by atoms with Gasteiger partial charge in [0.05, 0.1) is 6.61 Å². The van der Waals surface area contributed by atoms with Crippen LogP contribution in [0.5, 0.6) is 11.5 Å². The molecule has 2 aromatic rings. The second kappa shape index (κ2) is 5.67. The van der Waals surface area contributed by atoms with Crippen LogP contribution in [0.1, 0.15) is 16.7 Å². The molecule has 3 heteroatoms. The van der Waals surface area contributed by atoms with Crippen LogP contribution in [0.4, 0.5) is 0 Å². The fourth-order valence-corrected chi connectivity index (χ4v) is 1.74. The topological polar surface area (TPSA) is 55.5 Å². The highest BCUT2D eigenvalue weighted by Gasteiger charge is 2.02. The first-order chi connectivity index (χ1) is 8.72. The first kappa shape index (κ1) is 12.6. The van der Waals surface area contributed by atoms with Crippen LogP contribution in [0.3, 0.4) is 0 Å². The Hall–Kier alpha value is -1.84. The van der Waals surface area contributed by atoms with E-state index in [1.165, 1.54) is 0 Å². The summed E-state index contributed by atoms with van der Waals surface area (Å²) in [6.45, 7) is 2.58. The molecule has 0 unspecified atom stereocenters. The molecule has 0 bridgehead atoms. The van der Waals surface area contributed by atoms with Gasteiger partial charge in [0.25, 0.3) is 0 Å². The zero-order valence-corrected chi connectivity index (χ0v) is 10.4. The molecule has 0 amide bonds. The minimum Gasteiger partial charge on any atom is -0.457 e. The lowest BCUT2D eigenvalue weighted by molar-refractivity contribution is 0.281. The van der Waals surface area contributed by atoms with Gasteiger partial charge in [0, 0.05) is 6.54 Å². The highest BCUT2D eigenvalue weighted by Crippen LogP contribution is 2.25. The minimum atomic E-state index is 0.0461. The number of aryl methyl sites for hydroxylation is 1. The van der Waals surface area contributed by atoms with E-state index in [0.29, 0.717) is 6.54 Å². The van der Waals surface area contributed by atoms with Crippen molar-refractivity contribution in [1.29, 1.82) is 0 Å². The number of ether oxygens (including phenoxy) is 1. The Kier molecular flexibility index (Phi) is 3.97. The molecule has 94 valence electrons. The number of nitrogens with two attached hydrogens (primary N) is 1. The molecule has 0 fully saturated rings. The average Bonchev–Trinajstić information content (AvgIpc) is 2.42. The average molecular weight is 243 g/mol. The van der Waals surface area contributed by atoms with Crippen LogP contribution in [0.2, 0.25) is 0 Å². The summed E-state index contributed by atoms with van der Waals surface area (Å²) in [5, 5.41) is 8.97. The van der Waals surface area contributed by atoms with Crippen molar-refractivity contribution in [3.63, 3.8) is 0 Å². The zero-order valence-electron chi connectivity index (χ0n) is 10.4. The lowest BCUT2D eigenvalue weighted by atomic mass is 10.1. The minimum absolute atomic E-state index is 0.0461. The van der Waals surface area contributed by atoms with Crippen LogP contribution >= 0.6 is 0 Å². The Morgan fingerprint density at radius 3 is 2.28 bits per heavy atom. The van der Waals surface area contributed by atoms with E-state index in [-0.39, 0.29) is 6.61 Å². The van der Waals surface area contributed by atoms with Gasteiger partial charge in [0.2, 0.25) is 0 Å². The third-order valence-corrected chi connectivity index (χ3v) is 2.81. The van der Waals surface area contributed by atoms with Crippen molar-refractivity contribution in [3.05, 3.63) is 59.2 Å². The van der Waals surface area contributed by atoms with E-state index >= 15 is 0 Å². The molecule has 0 heterocycles. The summed E-state index contributed by atoms with van der Waals surface area (Å²) in [4.78, 5) is 0. The molecule has 0 aliphatic rings. The second-order valence-electron chi connectivity index (χ2n) is 4.21. The maximum absolute atomic E-state index is 8.97. The quantitative estimate of drug-likeness (QED) is 0.868. The van der Waals surface area contributed by atoms with Crippen LogP contribution in [0.15, 0.2) is 42.5 Å². The van der Waals surface area contributed by atoms with E-state index in [1.54, 1.807) is 0 Å². The predicted molar refractivity (Wildman–Crippen MR) is 71.5 cm³/mol. The molecule has 2 rings (SSSR count). The fraction of sp³-hybridized carbons (Fsp3) is 0.200. The molecular formula is C15H17NO2. The number of aliphatic hydroxyl groups is 1. The van der Waals surface area contributed by atoms with Crippen LogP contribution in [-0.4, -0.2) is 5.11 Å². The molecule has 0 aromatic heterocycles. The first-order valence-corrected chi connectivity index (χ1v) is 5.90.